The van der Waals surface area contributed by atoms with Crippen molar-refractivity contribution in [2.75, 3.05) is 13.1 Å². The van der Waals surface area contributed by atoms with Gasteiger partial charge in [0, 0.05) is 31.4 Å². The fourth-order valence-corrected chi connectivity index (χ4v) is 1.69. The molecule has 1 N–H and O–H groups in total. The molecular weight excluding hydrogens is 174 g/mol. The Morgan fingerprint density at radius 1 is 1.57 bits per heavy atom. The van der Waals surface area contributed by atoms with Gasteiger partial charge in [0.05, 0.1) is 6.33 Å². The minimum atomic E-state index is 0.978. The first-order chi connectivity index (χ1) is 6.90. The Morgan fingerprint density at radius 2 is 2.43 bits per heavy atom. The highest BCUT2D eigenvalue weighted by Gasteiger charge is 2.19. The Bertz CT molecular complexity index is 276. The van der Waals surface area contributed by atoms with Gasteiger partial charge in [0.25, 0.3) is 0 Å². The number of nitrogens with one attached hydrogen (secondary N) is 1. The maximum Gasteiger partial charge on any atom is 0.0948 e. The van der Waals surface area contributed by atoms with E-state index in [0.717, 1.165) is 25.4 Å². The third-order valence-electron chi connectivity index (χ3n) is 2.83. The molecule has 0 spiro atoms. The Labute approximate surface area is 85.5 Å². The van der Waals surface area contributed by atoms with Gasteiger partial charge in [0.2, 0.25) is 0 Å². The van der Waals surface area contributed by atoms with Crippen LogP contribution in [-0.2, 0) is 13.0 Å². The number of rotatable bonds is 6. The summed E-state index contributed by atoms with van der Waals surface area (Å²) < 4.78 is 2.21. The Morgan fingerprint density at radius 3 is 3.14 bits per heavy atom. The number of nitrogens with zero attached hydrogens (tertiary/aromatic N) is 2. The summed E-state index contributed by atoms with van der Waals surface area (Å²) in [7, 11) is 0. The summed E-state index contributed by atoms with van der Waals surface area (Å²) in [6.45, 7) is 5.48. The van der Waals surface area contributed by atoms with Crippen LogP contribution in [0.2, 0.25) is 0 Å². The molecule has 14 heavy (non-hydrogen) atoms. The second kappa shape index (κ2) is 4.60. The smallest absolute Gasteiger partial charge is 0.0948 e. The van der Waals surface area contributed by atoms with Crippen molar-refractivity contribution in [1.29, 1.82) is 0 Å². The molecule has 1 aromatic rings. The van der Waals surface area contributed by atoms with E-state index in [4.69, 9.17) is 0 Å². The van der Waals surface area contributed by atoms with Gasteiger partial charge in [-0.1, -0.05) is 0 Å². The molecule has 1 fully saturated rings. The predicted molar refractivity (Wildman–Crippen MR) is 57.2 cm³/mol. The van der Waals surface area contributed by atoms with Crippen molar-refractivity contribution >= 4 is 0 Å². The molecule has 0 saturated heterocycles. The Hall–Kier alpha value is -0.830. The molecule has 0 aromatic carbocycles. The van der Waals surface area contributed by atoms with Crippen LogP contribution in [0.5, 0.6) is 0 Å². The highest BCUT2D eigenvalue weighted by Crippen LogP contribution is 2.27. The number of aromatic nitrogens is 2. The van der Waals surface area contributed by atoms with Crippen molar-refractivity contribution in [3.05, 3.63) is 18.2 Å². The van der Waals surface area contributed by atoms with E-state index in [9.17, 15) is 0 Å². The van der Waals surface area contributed by atoms with Gasteiger partial charge < -0.3 is 9.88 Å². The minimum absolute atomic E-state index is 0.978. The topological polar surface area (TPSA) is 29.9 Å². The molecule has 0 aliphatic heterocycles. The van der Waals surface area contributed by atoms with E-state index in [1.54, 1.807) is 0 Å². The molecule has 2 rings (SSSR count). The zero-order valence-corrected chi connectivity index (χ0v) is 8.87. The van der Waals surface area contributed by atoms with Crippen molar-refractivity contribution in [2.45, 2.75) is 32.7 Å². The summed E-state index contributed by atoms with van der Waals surface area (Å²) in [5.41, 5.74) is 1.34. The van der Waals surface area contributed by atoms with E-state index in [2.05, 4.69) is 21.8 Å². The van der Waals surface area contributed by atoms with Crippen LogP contribution in [0.3, 0.4) is 0 Å². The summed E-state index contributed by atoms with van der Waals surface area (Å²) in [4.78, 5) is 4.15. The lowest BCUT2D eigenvalue weighted by Crippen LogP contribution is -2.20. The van der Waals surface area contributed by atoms with E-state index < -0.39 is 0 Å². The molecule has 1 aliphatic carbocycles. The predicted octanol–water partition coefficient (Wildman–Crippen LogP) is 1.45. The lowest BCUT2D eigenvalue weighted by atomic mass is 10.3. The van der Waals surface area contributed by atoms with E-state index in [0.29, 0.717) is 0 Å². The van der Waals surface area contributed by atoms with Crippen molar-refractivity contribution in [2.24, 2.45) is 5.92 Å². The normalized spacial score (nSPS) is 16.1. The molecule has 1 saturated carbocycles. The van der Waals surface area contributed by atoms with Crippen LogP contribution < -0.4 is 5.32 Å². The highest BCUT2D eigenvalue weighted by molar-refractivity contribution is 4.98. The molecule has 0 amide bonds. The Kier molecular flexibility index (Phi) is 3.19. The molecule has 0 radical (unpaired) electrons. The molecule has 1 aliphatic rings. The maximum atomic E-state index is 4.15. The second-order valence-corrected chi connectivity index (χ2v) is 4.07. The second-order valence-electron chi connectivity index (χ2n) is 4.07. The van der Waals surface area contributed by atoms with E-state index >= 15 is 0 Å². The molecular formula is C11H19N3. The largest absolute Gasteiger partial charge is 0.335 e. The minimum Gasteiger partial charge on any atom is -0.335 e. The molecule has 0 atom stereocenters. The number of imidazole rings is 1. The summed E-state index contributed by atoms with van der Waals surface area (Å²) in [6, 6.07) is 0. The van der Waals surface area contributed by atoms with Crippen LogP contribution in [-0.4, -0.2) is 22.6 Å². The van der Waals surface area contributed by atoms with Gasteiger partial charge in [-0.15, -0.1) is 0 Å². The van der Waals surface area contributed by atoms with Crippen molar-refractivity contribution < 1.29 is 0 Å². The average Bonchev–Trinajstić information content (AvgIpc) is 2.91. The summed E-state index contributed by atoms with van der Waals surface area (Å²) in [5.74, 6) is 0.978. The van der Waals surface area contributed by atoms with Crippen LogP contribution in [0.25, 0.3) is 0 Å². The lowest BCUT2D eigenvalue weighted by molar-refractivity contribution is 0.616. The highest BCUT2D eigenvalue weighted by atomic mass is 15.0. The molecule has 3 heteroatoms. The van der Waals surface area contributed by atoms with Gasteiger partial charge >= 0.3 is 0 Å². The maximum absolute atomic E-state index is 4.15. The quantitative estimate of drug-likeness (QED) is 0.693. The standard InChI is InChI=1S/C11H19N3/c1-2-14-9-13-8-11(14)5-6-12-7-10-3-4-10/h8-10,12H,2-7H2,1H3. The SMILES string of the molecule is CCn1cncc1CCNCC1CC1. The number of hydrogen-bond donors (Lipinski definition) is 1. The first kappa shape index (κ1) is 9.71. The summed E-state index contributed by atoms with van der Waals surface area (Å²) >= 11 is 0. The van der Waals surface area contributed by atoms with Crippen LogP contribution in [0, 0.1) is 5.92 Å². The summed E-state index contributed by atoms with van der Waals surface area (Å²) in [5, 5.41) is 3.50. The molecule has 0 unspecified atom stereocenters. The third-order valence-corrected chi connectivity index (χ3v) is 2.83. The van der Waals surface area contributed by atoms with Crippen LogP contribution in [0.4, 0.5) is 0 Å². The molecule has 1 aromatic heterocycles. The Balaban J connectivity index is 1.68. The zero-order chi connectivity index (χ0) is 9.80. The van der Waals surface area contributed by atoms with Crippen molar-refractivity contribution in [3.8, 4) is 0 Å². The summed E-state index contributed by atoms with van der Waals surface area (Å²) in [6.07, 6.45) is 7.85. The van der Waals surface area contributed by atoms with Gasteiger partial charge in [-0.05, 0) is 32.2 Å². The van der Waals surface area contributed by atoms with Crippen molar-refractivity contribution in [3.63, 3.8) is 0 Å². The van der Waals surface area contributed by atoms with Crippen LogP contribution >= 0.6 is 0 Å². The van der Waals surface area contributed by atoms with E-state index in [1.165, 1.54) is 25.1 Å². The first-order valence-corrected chi connectivity index (χ1v) is 5.60. The van der Waals surface area contributed by atoms with Crippen LogP contribution in [0.1, 0.15) is 25.5 Å². The zero-order valence-electron chi connectivity index (χ0n) is 8.87. The fraction of sp³-hybridized carbons (Fsp3) is 0.727. The number of aryl methyl sites for hydroxylation is 1. The van der Waals surface area contributed by atoms with Gasteiger partial charge in [0.15, 0.2) is 0 Å². The monoisotopic (exact) mass is 193 g/mol. The van der Waals surface area contributed by atoms with Gasteiger partial charge in [-0.3, -0.25) is 0 Å². The third kappa shape index (κ3) is 2.58. The van der Waals surface area contributed by atoms with Crippen molar-refractivity contribution in [1.82, 2.24) is 14.9 Å². The average molecular weight is 193 g/mol. The number of hydrogen-bond acceptors (Lipinski definition) is 2. The van der Waals surface area contributed by atoms with Gasteiger partial charge in [-0.25, -0.2) is 4.98 Å². The molecule has 3 nitrogen and oxygen atoms in total. The van der Waals surface area contributed by atoms with E-state index in [-0.39, 0.29) is 0 Å². The molecule has 0 bridgehead atoms. The fourth-order valence-electron chi connectivity index (χ4n) is 1.69. The van der Waals surface area contributed by atoms with E-state index in [1.807, 2.05) is 12.5 Å². The first-order valence-electron chi connectivity index (χ1n) is 5.60. The van der Waals surface area contributed by atoms with Gasteiger partial charge in [-0.2, -0.15) is 0 Å². The molecule has 1 heterocycles. The molecule has 78 valence electrons. The van der Waals surface area contributed by atoms with Crippen LogP contribution in [0.15, 0.2) is 12.5 Å². The van der Waals surface area contributed by atoms with Gasteiger partial charge in [0.1, 0.15) is 0 Å². The lowest BCUT2D eigenvalue weighted by Gasteiger charge is -2.05.